The van der Waals surface area contributed by atoms with E-state index in [1.165, 1.54) is 12.7 Å². The first-order valence-electron chi connectivity index (χ1n) is 25.0. The number of benzene rings is 2. The molecular formula is C54H54N18O4. The molecule has 8 N–H and O–H groups in total. The van der Waals surface area contributed by atoms with E-state index in [1.54, 1.807) is 41.3 Å². The zero-order valence-electron chi connectivity index (χ0n) is 41.7. The molecule has 0 bridgehead atoms. The van der Waals surface area contributed by atoms with Gasteiger partial charge in [-0.3, -0.25) is 19.0 Å². The van der Waals surface area contributed by atoms with Crippen molar-refractivity contribution in [1.82, 2.24) is 69.0 Å². The summed E-state index contributed by atoms with van der Waals surface area (Å²) in [6, 6.07) is 21.7. The number of pyridine rings is 2. The van der Waals surface area contributed by atoms with Crippen LogP contribution in [0.15, 0.2) is 110 Å². The van der Waals surface area contributed by atoms with Crippen LogP contribution in [0.1, 0.15) is 92.1 Å². The van der Waals surface area contributed by atoms with E-state index in [0.29, 0.717) is 80.9 Å². The third-order valence-corrected chi connectivity index (χ3v) is 13.8. The number of nitrogens with zero attached hydrogens (tertiary/aromatic N) is 14. The molecule has 2 aromatic carbocycles. The molecule has 384 valence electrons. The molecular weight excluding hydrogens is 965 g/mol. The summed E-state index contributed by atoms with van der Waals surface area (Å²) in [6.07, 6.45) is 15.5. The third kappa shape index (κ3) is 9.57. The number of aliphatic hydroxyl groups is 2. The van der Waals surface area contributed by atoms with Crippen molar-refractivity contribution in [2.24, 2.45) is 0 Å². The minimum Gasteiger partial charge on any atom is -0.394 e. The molecule has 2 atom stereocenters. The number of amides is 2. The number of nitrogens with two attached hydrogens (primary N) is 2. The van der Waals surface area contributed by atoms with E-state index in [1.807, 2.05) is 88.8 Å². The summed E-state index contributed by atoms with van der Waals surface area (Å²) in [7, 11) is 0. The molecule has 76 heavy (non-hydrogen) atoms. The molecule has 0 unspecified atom stereocenters. The Kier molecular flexibility index (Phi) is 13.5. The van der Waals surface area contributed by atoms with E-state index >= 15 is 0 Å². The molecule has 0 radical (unpaired) electrons. The number of aliphatic hydroxyl groups excluding tert-OH is 2. The number of aryl methyl sites for hydroxylation is 3. The van der Waals surface area contributed by atoms with Gasteiger partial charge in [-0.25, -0.2) is 39.3 Å². The van der Waals surface area contributed by atoms with E-state index in [9.17, 15) is 19.8 Å². The second-order valence-corrected chi connectivity index (χ2v) is 18.8. The van der Waals surface area contributed by atoms with Gasteiger partial charge in [0.1, 0.15) is 47.3 Å². The SMILES string of the molecule is Cc1ccnc(NC(=O)c2ccc(-c3nn([C@H]4CCCc5c4cnn5CCO)c4ncnc(N)c34)cc2)c1.Cc1ccnc(NC(=O)c2ccc(-c3nn([C@H]4CCCc5nn(CCO)cc54)c4ncnc(N)c34)cc2)c1. The molecule has 2 amide bonds. The number of anilines is 4. The Hall–Kier alpha value is -9.28. The maximum absolute atomic E-state index is 12.8. The second-order valence-electron chi connectivity index (χ2n) is 18.8. The Balaban J connectivity index is 0.000000162. The number of carbonyl (C=O) groups is 2. The molecule has 22 heteroatoms. The summed E-state index contributed by atoms with van der Waals surface area (Å²) in [6.45, 7) is 4.86. The highest BCUT2D eigenvalue weighted by molar-refractivity contribution is 6.06. The van der Waals surface area contributed by atoms with Crippen LogP contribution in [0.25, 0.3) is 44.6 Å². The number of rotatable bonds is 12. The van der Waals surface area contributed by atoms with Crippen LogP contribution >= 0.6 is 0 Å². The molecule has 12 rings (SSSR count). The summed E-state index contributed by atoms with van der Waals surface area (Å²) in [5.41, 5.74) is 24.2. The molecule has 22 nitrogen and oxygen atoms in total. The molecule has 8 aromatic heterocycles. The molecule has 0 aliphatic heterocycles. The second kappa shape index (κ2) is 20.9. The van der Waals surface area contributed by atoms with Gasteiger partial charge in [0.15, 0.2) is 11.3 Å². The highest BCUT2D eigenvalue weighted by atomic mass is 16.3. The molecule has 8 heterocycles. The summed E-state index contributed by atoms with van der Waals surface area (Å²) >= 11 is 0. The average Bonchev–Trinajstić information content (AvgIpc) is 4.25. The van der Waals surface area contributed by atoms with Gasteiger partial charge in [-0.05, 0) is 112 Å². The zero-order chi connectivity index (χ0) is 52.5. The number of carbonyl (C=O) groups excluding carboxylic acids is 2. The van der Waals surface area contributed by atoms with E-state index in [-0.39, 0.29) is 37.1 Å². The third-order valence-electron chi connectivity index (χ3n) is 13.8. The lowest BCUT2D eigenvalue weighted by molar-refractivity contribution is 0.101. The first kappa shape index (κ1) is 49.0. The number of fused-ring (bicyclic) bond motifs is 4. The van der Waals surface area contributed by atoms with Crippen molar-refractivity contribution in [2.45, 2.75) is 77.5 Å². The largest absolute Gasteiger partial charge is 0.394 e. The fourth-order valence-corrected chi connectivity index (χ4v) is 10.2. The van der Waals surface area contributed by atoms with Crippen LogP contribution in [0, 0.1) is 13.8 Å². The zero-order valence-corrected chi connectivity index (χ0v) is 41.7. The lowest BCUT2D eigenvalue weighted by atomic mass is 9.93. The number of nitrogens with one attached hydrogen (secondary N) is 2. The molecule has 0 saturated heterocycles. The average molecular weight is 1020 g/mol. The maximum Gasteiger partial charge on any atom is 0.256 e. The predicted octanol–water partition coefficient (Wildman–Crippen LogP) is 6.29. The standard InChI is InChI=1S/2C27H27N9O2/c1-16-9-10-29-22(13-16)32-27(38)18-7-5-17(6-8-18)24-23-25(28)30-15-31-26(23)36(34-24)21-4-2-3-20-19(21)14-35(33-20)11-12-37;1-16-9-10-29-22(13-16)33-27(38)18-7-5-17(6-8-18)24-23-25(28)30-15-31-26(23)36(34-24)21-4-2-3-20-19(21)14-32-35(20)11-12-37/h5-10,13-15,21,37H,2-4,11-12H2,1H3,(H2,28,30,31)(H,29,32,38);5-10,13-15,21,37H,2-4,11-12H2,1H3,(H2,28,30,31)(H,29,33,38)/t2*21-/m00/s1. The summed E-state index contributed by atoms with van der Waals surface area (Å²) < 4.78 is 7.48. The highest BCUT2D eigenvalue weighted by Crippen LogP contribution is 2.40. The van der Waals surface area contributed by atoms with Crippen LogP contribution in [0.3, 0.4) is 0 Å². The Morgan fingerprint density at radius 1 is 0.632 bits per heavy atom. The van der Waals surface area contributed by atoms with Gasteiger partial charge in [0.2, 0.25) is 0 Å². The Morgan fingerprint density at radius 3 is 1.66 bits per heavy atom. The Bertz CT molecular complexity index is 3580. The minimum absolute atomic E-state index is 0.0271. The lowest BCUT2D eigenvalue weighted by Gasteiger charge is -2.23. The van der Waals surface area contributed by atoms with E-state index in [0.717, 1.165) is 83.3 Å². The van der Waals surface area contributed by atoms with Crippen molar-refractivity contribution in [3.05, 3.63) is 155 Å². The normalized spacial score (nSPS) is 14.9. The number of aromatic nitrogens is 14. The fourth-order valence-electron chi connectivity index (χ4n) is 10.2. The molecule has 10 aromatic rings. The maximum atomic E-state index is 12.8. The Morgan fingerprint density at radius 2 is 1.14 bits per heavy atom. The van der Waals surface area contributed by atoms with E-state index < -0.39 is 0 Å². The predicted molar refractivity (Wildman–Crippen MR) is 285 cm³/mol. The van der Waals surface area contributed by atoms with Crippen LogP contribution in [-0.4, -0.2) is 104 Å². The quantitative estimate of drug-likeness (QED) is 0.0783. The van der Waals surface area contributed by atoms with Crippen molar-refractivity contribution >= 4 is 57.2 Å². The van der Waals surface area contributed by atoms with Crippen molar-refractivity contribution in [2.75, 3.05) is 35.3 Å². The lowest BCUT2D eigenvalue weighted by Crippen LogP contribution is -2.20. The summed E-state index contributed by atoms with van der Waals surface area (Å²) in [5.74, 6) is 1.20. The van der Waals surface area contributed by atoms with Crippen LogP contribution < -0.4 is 22.1 Å². The van der Waals surface area contributed by atoms with Gasteiger partial charge < -0.3 is 32.3 Å². The van der Waals surface area contributed by atoms with Crippen LogP contribution in [0.5, 0.6) is 0 Å². The summed E-state index contributed by atoms with van der Waals surface area (Å²) in [5, 5.41) is 44.9. The smallest absolute Gasteiger partial charge is 0.256 e. The first-order chi connectivity index (χ1) is 37.0. The monoisotopic (exact) mass is 1020 g/mol. The molecule has 0 saturated carbocycles. The van der Waals surface area contributed by atoms with Crippen molar-refractivity contribution in [3.8, 4) is 22.5 Å². The topological polar surface area (TPSA) is 299 Å². The van der Waals surface area contributed by atoms with Gasteiger partial charge in [-0.1, -0.05) is 24.3 Å². The van der Waals surface area contributed by atoms with Crippen LogP contribution in [0.4, 0.5) is 23.3 Å². The van der Waals surface area contributed by atoms with Crippen LogP contribution in [-0.2, 0) is 25.9 Å². The number of hydrogen-bond acceptors (Lipinski definition) is 16. The van der Waals surface area contributed by atoms with Crippen LogP contribution in [0.2, 0.25) is 0 Å². The van der Waals surface area contributed by atoms with Gasteiger partial charge in [0, 0.05) is 57.7 Å². The van der Waals surface area contributed by atoms with Gasteiger partial charge in [0.05, 0.1) is 61.1 Å². The van der Waals surface area contributed by atoms with Crippen molar-refractivity contribution in [3.63, 3.8) is 0 Å². The van der Waals surface area contributed by atoms with Crippen molar-refractivity contribution < 1.29 is 19.8 Å². The molecule has 0 spiro atoms. The molecule has 2 aliphatic rings. The number of hydrogen-bond donors (Lipinski definition) is 6. The number of nitrogen functional groups attached to an aromatic ring is 2. The van der Waals surface area contributed by atoms with Gasteiger partial charge >= 0.3 is 0 Å². The minimum atomic E-state index is -0.248. The Labute approximate surface area is 434 Å². The fraction of sp³-hybridized carbons (Fsp3) is 0.259. The van der Waals surface area contributed by atoms with E-state index in [2.05, 4.69) is 50.7 Å². The van der Waals surface area contributed by atoms with E-state index in [4.69, 9.17) is 21.7 Å². The summed E-state index contributed by atoms with van der Waals surface area (Å²) in [4.78, 5) is 51.5. The molecule has 2 aliphatic carbocycles. The highest BCUT2D eigenvalue weighted by Gasteiger charge is 2.31. The van der Waals surface area contributed by atoms with Gasteiger partial charge in [-0.15, -0.1) is 0 Å². The van der Waals surface area contributed by atoms with Gasteiger partial charge in [0.25, 0.3) is 11.8 Å². The first-order valence-corrected chi connectivity index (χ1v) is 25.0. The van der Waals surface area contributed by atoms with Crippen molar-refractivity contribution in [1.29, 1.82) is 0 Å². The molecule has 0 fully saturated rings. The van der Waals surface area contributed by atoms with Gasteiger partial charge in [-0.2, -0.15) is 20.4 Å².